The molecule has 2 aromatic carbocycles. The quantitative estimate of drug-likeness (QED) is 0.558. The van der Waals surface area contributed by atoms with E-state index in [1.165, 1.54) is 22.2 Å². The normalized spacial score (nSPS) is 16.4. The highest BCUT2D eigenvalue weighted by atomic mass is 16.1. The van der Waals surface area contributed by atoms with Gasteiger partial charge in [-0.25, -0.2) is 0 Å². The van der Waals surface area contributed by atoms with Gasteiger partial charge in [0.05, 0.1) is 5.52 Å². The fraction of sp³-hybridized carbons (Fsp3) is 0.200. The molecular weight excluding hydrogens is 312 g/mol. The van der Waals surface area contributed by atoms with Crippen molar-refractivity contribution in [2.45, 2.75) is 19.3 Å². The predicted octanol–water partition coefficient (Wildman–Crippen LogP) is 2.54. The Hall–Kier alpha value is -3.08. The molecule has 5 heteroatoms. The van der Waals surface area contributed by atoms with Crippen molar-refractivity contribution in [3.8, 4) is 5.69 Å². The summed E-state index contributed by atoms with van der Waals surface area (Å²) in [6, 6.07) is 18.7. The molecule has 25 heavy (non-hydrogen) atoms. The first-order valence-corrected chi connectivity index (χ1v) is 8.45. The molecule has 4 rings (SSSR count). The number of carbonyl (C=O) groups excluding carboxylic acids is 1. The summed E-state index contributed by atoms with van der Waals surface area (Å²) in [6.45, 7) is 0. The van der Waals surface area contributed by atoms with Gasteiger partial charge in [0.15, 0.2) is 5.96 Å². The SMILES string of the molecule is NC(N)=NC(=O)C1CCc2c(n(-c3ccccc3)c3ccccc23)C1. The van der Waals surface area contributed by atoms with Crippen LogP contribution in [0.25, 0.3) is 16.6 Å². The van der Waals surface area contributed by atoms with Crippen molar-refractivity contribution < 1.29 is 4.79 Å². The number of hydrogen-bond acceptors (Lipinski definition) is 1. The lowest BCUT2D eigenvalue weighted by molar-refractivity contribution is -0.121. The molecule has 1 aliphatic rings. The fourth-order valence-corrected chi connectivity index (χ4v) is 3.81. The van der Waals surface area contributed by atoms with Gasteiger partial charge in [-0.05, 0) is 36.6 Å². The Kier molecular flexibility index (Phi) is 3.76. The molecule has 126 valence electrons. The lowest BCUT2D eigenvalue weighted by atomic mass is 9.86. The highest BCUT2D eigenvalue weighted by Crippen LogP contribution is 2.36. The van der Waals surface area contributed by atoms with Crippen LogP contribution in [0.2, 0.25) is 0 Å². The number of nitrogens with two attached hydrogens (primary N) is 2. The number of carbonyl (C=O) groups is 1. The minimum Gasteiger partial charge on any atom is -0.370 e. The topological polar surface area (TPSA) is 86.4 Å². The van der Waals surface area contributed by atoms with E-state index in [1.54, 1.807) is 0 Å². The molecule has 1 unspecified atom stereocenters. The third-order valence-electron chi connectivity index (χ3n) is 4.87. The monoisotopic (exact) mass is 332 g/mol. The molecule has 1 atom stereocenters. The molecule has 5 nitrogen and oxygen atoms in total. The van der Waals surface area contributed by atoms with Crippen LogP contribution in [0, 0.1) is 5.92 Å². The van der Waals surface area contributed by atoms with E-state index in [4.69, 9.17) is 11.5 Å². The summed E-state index contributed by atoms with van der Waals surface area (Å²) in [4.78, 5) is 16.1. The van der Waals surface area contributed by atoms with E-state index in [2.05, 4.69) is 46.0 Å². The van der Waals surface area contributed by atoms with Gasteiger partial charge in [-0.3, -0.25) is 4.79 Å². The Labute approximate surface area is 146 Å². The summed E-state index contributed by atoms with van der Waals surface area (Å²) >= 11 is 0. The van der Waals surface area contributed by atoms with Gasteiger partial charge < -0.3 is 16.0 Å². The predicted molar refractivity (Wildman–Crippen MR) is 99.6 cm³/mol. The van der Waals surface area contributed by atoms with Crippen LogP contribution in [0.1, 0.15) is 17.7 Å². The maximum atomic E-state index is 12.3. The number of amides is 1. The highest BCUT2D eigenvalue weighted by molar-refractivity contribution is 5.93. The number of aryl methyl sites for hydroxylation is 1. The smallest absolute Gasteiger partial charge is 0.252 e. The molecule has 0 bridgehead atoms. The number of nitrogens with zero attached hydrogens (tertiary/aromatic N) is 2. The molecule has 0 spiro atoms. The minimum atomic E-state index is -0.226. The van der Waals surface area contributed by atoms with Gasteiger partial charge in [0, 0.05) is 29.1 Å². The molecule has 4 N–H and O–H groups in total. The number of para-hydroxylation sites is 2. The van der Waals surface area contributed by atoms with Gasteiger partial charge in [-0.2, -0.15) is 4.99 Å². The number of fused-ring (bicyclic) bond motifs is 3. The third kappa shape index (κ3) is 2.67. The van der Waals surface area contributed by atoms with Crippen LogP contribution in [0.15, 0.2) is 59.6 Å². The second kappa shape index (κ2) is 6.09. The largest absolute Gasteiger partial charge is 0.370 e. The van der Waals surface area contributed by atoms with Gasteiger partial charge in [-0.1, -0.05) is 36.4 Å². The summed E-state index contributed by atoms with van der Waals surface area (Å²) in [5.41, 5.74) is 15.5. The Balaban J connectivity index is 1.87. The Morgan fingerprint density at radius 1 is 1.04 bits per heavy atom. The van der Waals surface area contributed by atoms with Crippen LogP contribution < -0.4 is 11.5 Å². The molecule has 0 radical (unpaired) electrons. The second-order valence-electron chi connectivity index (χ2n) is 6.43. The van der Waals surface area contributed by atoms with Crippen LogP contribution in [0.5, 0.6) is 0 Å². The van der Waals surface area contributed by atoms with Crippen LogP contribution >= 0.6 is 0 Å². The van der Waals surface area contributed by atoms with Crippen molar-refractivity contribution in [3.05, 3.63) is 65.9 Å². The first-order valence-electron chi connectivity index (χ1n) is 8.45. The minimum absolute atomic E-state index is 0.167. The van der Waals surface area contributed by atoms with Crippen molar-refractivity contribution in [1.29, 1.82) is 0 Å². The van der Waals surface area contributed by atoms with E-state index in [9.17, 15) is 4.79 Å². The fourth-order valence-electron chi connectivity index (χ4n) is 3.81. The van der Waals surface area contributed by atoms with E-state index in [1.807, 2.05) is 18.2 Å². The van der Waals surface area contributed by atoms with Crippen molar-refractivity contribution >= 4 is 22.8 Å². The average Bonchev–Trinajstić information content (AvgIpc) is 2.95. The lowest BCUT2D eigenvalue weighted by Crippen LogP contribution is -2.28. The van der Waals surface area contributed by atoms with Crippen LogP contribution in [-0.4, -0.2) is 16.4 Å². The van der Waals surface area contributed by atoms with E-state index in [0.29, 0.717) is 6.42 Å². The summed E-state index contributed by atoms with van der Waals surface area (Å²) < 4.78 is 2.26. The number of rotatable bonds is 2. The Bertz CT molecular complexity index is 968. The molecule has 1 amide bonds. The summed E-state index contributed by atoms with van der Waals surface area (Å²) in [5, 5.41) is 1.26. The maximum Gasteiger partial charge on any atom is 0.252 e. The van der Waals surface area contributed by atoms with Gasteiger partial charge in [-0.15, -0.1) is 0 Å². The number of benzene rings is 2. The molecule has 0 fully saturated rings. The van der Waals surface area contributed by atoms with Crippen molar-refractivity contribution in [2.24, 2.45) is 22.4 Å². The highest BCUT2D eigenvalue weighted by Gasteiger charge is 2.29. The second-order valence-corrected chi connectivity index (χ2v) is 6.43. The van der Waals surface area contributed by atoms with Crippen LogP contribution in [0.3, 0.4) is 0 Å². The Morgan fingerprint density at radius 2 is 1.76 bits per heavy atom. The van der Waals surface area contributed by atoms with Crippen molar-refractivity contribution in [3.63, 3.8) is 0 Å². The zero-order valence-electron chi connectivity index (χ0n) is 13.9. The number of guanidine groups is 1. The molecule has 3 aromatic rings. The van der Waals surface area contributed by atoms with Crippen LogP contribution in [-0.2, 0) is 17.6 Å². The first-order chi connectivity index (χ1) is 12.1. The number of hydrogen-bond donors (Lipinski definition) is 2. The molecule has 0 aliphatic heterocycles. The van der Waals surface area contributed by atoms with E-state index < -0.39 is 0 Å². The van der Waals surface area contributed by atoms with Crippen molar-refractivity contribution in [1.82, 2.24) is 4.57 Å². The summed E-state index contributed by atoms with van der Waals surface area (Å²) in [6.07, 6.45) is 2.27. The third-order valence-corrected chi connectivity index (χ3v) is 4.87. The zero-order valence-corrected chi connectivity index (χ0v) is 13.9. The molecule has 0 saturated carbocycles. The van der Waals surface area contributed by atoms with Gasteiger partial charge in [0.25, 0.3) is 5.91 Å². The molecule has 1 aliphatic carbocycles. The summed E-state index contributed by atoms with van der Waals surface area (Å²) in [5.74, 6) is -0.573. The van der Waals surface area contributed by atoms with Gasteiger partial charge in [0.2, 0.25) is 0 Å². The lowest BCUT2D eigenvalue weighted by Gasteiger charge is -2.22. The van der Waals surface area contributed by atoms with E-state index in [-0.39, 0.29) is 17.8 Å². The first kappa shape index (κ1) is 15.4. The standard InChI is InChI=1S/C20H20N4O/c21-20(22)23-19(25)13-10-11-16-15-8-4-5-9-17(15)24(18(16)12-13)14-6-2-1-3-7-14/h1-9,13H,10-12H2,(H4,21,22,23,25). The van der Waals surface area contributed by atoms with E-state index in [0.717, 1.165) is 18.5 Å². The number of aliphatic imine (C=N–C) groups is 1. The van der Waals surface area contributed by atoms with Crippen molar-refractivity contribution in [2.75, 3.05) is 0 Å². The summed E-state index contributed by atoms with van der Waals surface area (Å²) in [7, 11) is 0. The van der Waals surface area contributed by atoms with Crippen LogP contribution in [0.4, 0.5) is 0 Å². The van der Waals surface area contributed by atoms with Gasteiger partial charge >= 0.3 is 0 Å². The number of aromatic nitrogens is 1. The molecular formula is C20H20N4O. The molecule has 0 saturated heterocycles. The van der Waals surface area contributed by atoms with E-state index >= 15 is 0 Å². The molecule has 1 heterocycles. The maximum absolute atomic E-state index is 12.3. The molecule has 1 aromatic heterocycles. The Morgan fingerprint density at radius 3 is 2.52 bits per heavy atom. The van der Waals surface area contributed by atoms with Gasteiger partial charge in [0.1, 0.15) is 0 Å². The average molecular weight is 332 g/mol. The zero-order chi connectivity index (χ0) is 17.4.